The highest BCUT2D eigenvalue weighted by molar-refractivity contribution is 7.71. The standard InChI is InChI=1S/C7H7NO3S/c1-4-3-6(10)8(5(2)9)7(12)11-4/h3H,1-2H3. The summed E-state index contributed by atoms with van der Waals surface area (Å²) in [5.74, 6) is -0.0312. The molecule has 0 aromatic carbocycles. The monoisotopic (exact) mass is 185 g/mol. The van der Waals surface area contributed by atoms with Gasteiger partial charge in [-0.25, -0.2) is 4.57 Å². The molecule has 5 heteroatoms. The molecule has 0 spiro atoms. The van der Waals surface area contributed by atoms with Crippen LogP contribution in [0.5, 0.6) is 0 Å². The Kier molecular flexibility index (Phi) is 2.23. The number of hydrogen-bond donors (Lipinski definition) is 0. The molecule has 1 rings (SSSR count). The van der Waals surface area contributed by atoms with E-state index in [1.807, 2.05) is 0 Å². The number of carbonyl (C=O) groups excluding carboxylic acids is 1. The Morgan fingerprint density at radius 3 is 2.67 bits per heavy atom. The number of carbonyl (C=O) groups is 1. The third-order valence-corrected chi connectivity index (χ3v) is 1.56. The quantitative estimate of drug-likeness (QED) is 0.569. The Bertz CT molecular complexity index is 398. The molecule has 0 saturated heterocycles. The summed E-state index contributed by atoms with van der Waals surface area (Å²) in [6.07, 6.45) is 0. The molecule has 0 atom stereocenters. The zero-order valence-electron chi connectivity index (χ0n) is 6.66. The van der Waals surface area contributed by atoms with E-state index in [2.05, 4.69) is 12.2 Å². The van der Waals surface area contributed by atoms with Crippen molar-refractivity contribution in [1.82, 2.24) is 4.57 Å². The van der Waals surface area contributed by atoms with Gasteiger partial charge in [0.1, 0.15) is 5.76 Å². The Balaban J connectivity index is 3.61. The smallest absolute Gasteiger partial charge is 0.278 e. The van der Waals surface area contributed by atoms with Gasteiger partial charge in [0.25, 0.3) is 10.4 Å². The van der Waals surface area contributed by atoms with Gasteiger partial charge in [0.2, 0.25) is 5.91 Å². The third kappa shape index (κ3) is 1.50. The van der Waals surface area contributed by atoms with Crippen LogP contribution in [-0.2, 0) is 0 Å². The molecular weight excluding hydrogens is 178 g/mol. The molecule has 1 heterocycles. The number of aromatic nitrogens is 1. The van der Waals surface area contributed by atoms with E-state index in [4.69, 9.17) is 4.42 Å². The minimum Gasteiger partial charge on any atom is -0.436 e. The van der Waals surface area contributed by atoms with Crippen molar-refractivity contribution in [1.29, 1.82) is 0 Å². The van der Waals surface area contributed by atoms with Gasteiger partial charge in [0, 0.05) is 13.0 Å². The fraction of sp³-hybridized carbons (Fsp3) is 0.286. The maximum atomic E-state index is 11.1. The fourth-order valence-electron chi connectivity index (χ4n) is 0.825. The van der Waals surface area contributed by atoms with Crippen LogP contribution in [0.25, 0.3) is 0 Å². The van der Waals surface area contributed by atoms with Gasteiger partial charge < -0.3 is 4.42 Å². The largest absolute Gasteiger partial charge is 0.436 e. The number of nitrogens with zero attached hydrogens (tertiary/aromatic N) is 1. The molecule has 0 amide bonds. The van der Waals surface area contributed by atoms with Gasteiger partial charge in [-0.2, -0.15) is 0 Å². The van der Waals surface area contributed by atoms with Crippen molar-refractivity contribution in [3.63, 3.8) is 0 Å². The van der Waals surface area contributed by atoms with Crippen LogP contribution in [0.3, 0.4) is 0 Å². The van der Waals surface area contributed by atoms with E-state index in [0.717, 1.165) is 4.57 Å². The van der Waals surface area contributed by atoms with Crippen molar-refractivity contribution >= 4 is 18.1 Å². The zero-order chi connectivity index (χ0) is 9.30. The summed E-state index contributed by atoms with van der Waals surface area (Å²) in [6, 6.07) is 1.22. The Labute approximate surface area is 73.4 Å². The van der Waals surface area contributed by atoms with Crippen LogP contribution in [0, 0.1) is 11.8 Å². The van der Waals surface area contributed by atoms with Gasteiger partial charge in [-0.05, 0) is 19.1 Å². The van der Waals surface area contributed by atoms with Crippen molar-refractivity contribution in [3.8, 4) is 0 Å². The number of aryl methyl sites for hydroxylation is 1. The van der Waals surface area contributed by atoms with Crippen LogP contribution in [-0.4, -0.2) is 10.5 Å². The molecular formula is C7H7NO3S. The van der Waals surface area contributed by atoms with Gasteiger partial charge in [-0.15, -0.1) is 0 Å². The first-order valence-corrected chi connectivity index (χ1v) is 3.68. The average molecular weight is 185 g/mol. The lowest BCUT2D eigenvalue weighted by Crippen LogP contribution is -2.24. The zero-order valence-corrected chi connectivity index (χ0v) is 7.47. The highest BCUT2D eigenvalue weighted by Gasteiger charge is 2.04. The topological polar surface area (TPSA) is 52.2 Å². The molecule has 0 radical (unpaired) electrons. The maximum Gasteiger partial charge on any atom is 0.278 e. The normalized spacial score (nSPS) is 9.83. The van der Waals surface area contributed by atoms with Crippen LogP contribution in [0.1, 0.15) is 17.5 Å². The van der Waals surface area contributed by atoms with Gasteiger partial charge in [0.15, 0.2) is 0 Å². The number of rotatable bonds is 0. The molecule has 4 nitrogen and oxygen atoms in total. The van der Waals surface area contributed by atoms with Crippen molar-refractivity contribution in [2.75, 3.05) is 0 Å². The third-order valence-electron chi connectivity index (χ3n) is 1.29. The summed E-state index contributed by atoms with van der Waals surface area (Å²) < 4.78 is 5.72. The molecule has 0 unspecified atom stereocenters. The first-order chi connectivity index (χ1) is 5.52. The molecule has 0 fully saturated rings. The Hall–Kier alpha value is -1.23. The van der Waals surface area contributed by atoms with Crippen molar-refractivity contribution < 1.29 is 9.21 Å². The molecule has 0 N–H and O–H groups in total. The molecule has 12 heavy (non-hydrogen) atoms. The summed E-state index contributed by atoms with van der Waals surface area (Å²) in [4.78, 5) is 21.8. The second-order valence-corrected chi connectivity index (χ2v) is 2.66. The van der Waals surface area contributed by atoms with Crippen LogP contribution < -0.4 is 5.56 Å². The fourth-order valence-corrected chi connectivity index (χ4v) is 1.17. The first kappa shape index (κ1) is 8.86. The van der Waals surface area contributed by atoms with E-state index in [-0.39, 0.29) is 4.84 Å². The minimum absolute atomic E-state index is 0.104. The lowest BCUT2D eigenvalue weighted by Gasteiger charge is -1.98. The summed E-state index contributed by atoms with van der Waals surface area (Å²) in [5, 5.41) is 0. The van der Waals surface area contributed by atoms with E-state index >= 15 is 0 Å². The van der Waals surface area contributed by atoms with Gasteiger partial charge >= 0.3 is 0 Å². The molecule has 0 bridgehead atoms. The highest BCUT2D eigenvalue weighted by atomic mass is 32.1. The predicted molar refractivity (Wildman–Crippen MR) is 44.8 cm³/mol. The molecule has 0 aliphatic heterocycles. The highest BCUT2D eigenvalue weighted by Crippen LogP contribution is 1.94. The van der Waals surface area contributed by atoms with Crippen molar-refractivity contribution in [2.45, 2.75) is 13.8 Å². The van der Waals surface area contributed by atoms with Crippen LogP contribution in [0.15, 0.2) is 15.3 Å². The van der Waals surface area contributed by atoms with E-state index in [1.54, 1.807) is 6.92 Å². The minimum atomic E-state index is -0.448. The average Bonchev–Trinajstić information content (AvgIpc) is 1.82. The second-order valence-electron chi connectivity index (χ2n) is 2.32. The summed E-state index contributed by atoms with van der Waals surface area (Å²) >= 11 is 4.68. The van der Waals surface area contributed by atoms with E-state index in [0.29, 0.717) is 5.76 Å². The molecule has 0 saturated carbocycles. The van der Waals surface area contributed by atoms with E-state index < -0.39 is 11.5 Å². The Morgan fingerprint density at radius 2 is 2.25 bits per heavy atom. The van der Waals surface area contributed by atoms with Crippen LogP contribution in [0.2, 0.25) is 0 Å². The van der Waals surface area contributed by atoms with Crippen LogP contribution >= 0.6 is 12.2 Å². The second kappa shape index (κ2) is 3.02. The summed E-state index contributed by atoms with van der Waals surface area (Å²) in [7, 11) is 0. The SMILES string of the molecule is CC(=O)n1c(=O)cc(C)oc1=S. The van der Waals surface area contributed by atoms with Crippen molar-refractivity contribution in [2.24, 2.45) is 0 Å². The lowest BCUT2D eigenvalue weighted by atomic mass is 10.5. The summed E-state index contributed by atoms with van der Waals surface area (Å²) in [6.45, 7) is 2.85. The number of hydrogen-bond acceptors (Lipinski definition) is 4. The van der Waals surface area contributed by atoms with Gasteiger partial charge in [-0.3, -0.25) is 9.59 Å². The molecule has 0 aliphatic rings. The molecule has 64 valence electrons. The maximum absolute atomic E-state index is 11.1. The Morgan fingerprint density at radius 1 is 1.67 bits per heavy atom. The molecule has 1 aromatic heterocycles. The van der Waals surface area contributed by atoms with Gasteiger partial charge in [0.05, 0.1) is 0 Å². The van der Waals surface area contributed by atoms with E-state index in [9.17, 15) is 9.59 Å². The summed E-state index contributed by atoms with van der Waals surface area (Å²) in [5.41, 5.74) is -0.448. The molecule has 0 aliphatic carbocycles. The van der Waals surface area contributed by atoms with Crippen LogP contribution in [0.4, 0.5) is 0 Å². The lowest BCUT2D eigenvalue weighted by molar-refractivity contribution is 0.0921. The first-order valence-electron chi connectivity index (χ1n) is 3.27. The molecule has 1 aromatic rings. The van der Waals surface area contributed by atoms with E-state index in [1.165, 1.54) is 13.0 Å². The predicted octanol–water partition coefficient (Wildman–Crippen LogP) is 1.14. The van der Waals surface area contributed by atoms with Crippen molar-refractivity contribution in [3.05, 3.63) is 27.0 Å². The van der Waals surface area contributed by atoms with Gasteiger partial charge in [-0.1, -0.05) is 0 Å².